The van der Waals surface area contributed by atoms with Crippen LogP contribution in [-0.4, -0.2) is 30.0 Å². The predicted octanol–water partition coefficient (Wildman–Crippen LogP) is 2.34. The van der Waals surface area contributed by atoms with Gasteiger partial charge in [0.05, 0.1) is 11.2 Å². The van der Waals surface area contributed by atoms with E-state index < -0.39 is 0 Å². The summed E-state index contributed by atoms with van der Waals surface area (Å²) in [6, 6.07) is 0. The van der Waals surface area contributed by atoms with E-state index in [1.54, 1.807) is 0 Å². The molecule has 1 unspecified atom stereocenters. The van der Waals surface area contributed by atoms with Crippen LogP contribution in [0.3, 0.4) is 0 Å². The highest BCUT2D eigenvalue weighted by Gasteiger charge is 2.52. The number of hydrogen-bond donors (Lipinski definition) is 1. The molecule has 1 aliphatic carbocycles. The van der Waals surface area contributed by atoms with Crippen LogP contribution in [-0.2, 0) is 9.31 Å². The fourth-order valence-electron chi connectivity index (χ4n) is 2.28. The van der Waals surface area contributed by atoms with Crippen LogP contribution in [0.5, 0.6) is 0 Å². The summed E-state index contributed by atoms with van der Waals surface area (Å²) in [4.78, 5) is 0. The van der Waals surface area contributed by atoms with Gasteiger partial charge in [0, 0.05) is 6.61 Å². The van der Waals surface area contributed by atoms with Crippen molar-refractivity contribution >= 4 is 7.12 Å². The maximum absolute atomic E-state index is 9.12. The molecule has 0 spiro atoms. The molecule has 1 aliphatic heterocycles. The van der Waals surface area contributed by atoms with Crippen LogP contribution in [0.1, 0.15) is 47.0 Å². The molecular weight excluding hydrogens is 215 g/mol. The molecule has 1 saturated heterocycles. The predicted molar refractivity (Wildman–Crippen MR) is 68.6 cm³/mol. The number of aliphatic hydroxyl groups excluding tert-OH is 1. The topological polar surface area (TPSA) is 38.7 Å². The Morgan fingerprint density at radius 2 is 1.88 bits per heavy atom. The molecule has 17 heavy (non-hydrogen) atoms. The lowest BCUT2D eigenvalue weighted by atomic mass is 9.71. The lowest BCUT2D eigenvalue weighted by Gasteiger charge is -2.32. The van der Waals surface area contributed by atoms with Crippen molar-refractivity contribution in [3.05, 3.63) is 11.5 Å². The van der Waals surface area contributed by atoms with Crippen LogP contribution < -0.4 is 0 Å². The minimum absolute atomic E-state index is 0.195. The Bertz CT molecular complexity index is 307. The SMILES string of the molecule is CC1(C)OB(C2=CCC(CO)CC2)OC1(C)C. The molecule has 0 aromatic rings. The summed E-state index contributed by atoms with van der Waals surface area (Å²) in [5.41, 5.74) is 0.729. The van der Waals surface area contributed by atoms with E-state index >= 15 is 0 Å². The number of rotatable bonds is 2. The second-order valence-corrected chi connectivity index (χ2v) is 6.19. The lowest BCUT2D eigenvalue weighted by molar-refractivity contribution is 0.00578. The van der Waals surface area contributed by atoms with Gasteiger partial charge in [-0.2, -0.15) is 0 Å². The van der Waals surface area contributed by atoms with E-state index in [9.17, 15) is 0 Å². The second kappa shape index (κ2) is 4.41. The highest BCUT2D eigenvalue weighted by atomic mass is 16.7. The Balaban J connectivity index is 2.05. The molecule has 0 aromatic heterocycles. The summed E-state index contributed by atoms with van der Waals surface area (Å²) in [6.07, 6.45) is 5.14. The van der Waals surface area contributed by atoms with Gasteiger partial charge in [-0.3, -0.25) is 0 Å². The summed E-state index contributed by atoms with van der Waals surface area (Å²) >= 11 is 0. The van der Waals surface area contributed by atoms with E-state index in [2.05, 4.69) is 33.8 Å². The van der Waals surface area contributed by atoms with Gasteiger partial charge in [0.25, 0.3) is 0 Å². The maximum atomic E-state index is 9.12. The van der Waals surface area contributed by atoms with Gasteiger partial charge in [-0.15, -0.1) is 0 Å². The van der Waals surface area contributed by atoms with Crippen molar-refractivity contribution in [2.45, 2.75) is 58.2 Å². The van der Waals surface area contributed by atoms with Crippen LogP contribution >= 0.6 is 0 Å². The molecule has 2 aliphatic rings. The summed E-state index contributed by atoms with van der Waals surface area (Å²) in [5.74, 6) is 0.418. The third-order valence-corrected chi connectivity index (χ3v) is 4.37. The normalized spacial score (nSPS) is 31.5. The summed E-state index contributed by atoms with van der Waals surface area (Å²) in [6.45, 7) is 8.59. The molecule has 1 fully saturated rings. The molecular formula is C13H23BO3. The molecule has 0 saturated carbocycles. The van der Waals surface area contributed by atoms with Crippen molar-refractivity contribution in [1.82, 2.24) is 0 Å². The van der Waals surface area contributed by atoms with E-state index in [-0.39, 0.29) is 24.9 Å². The maximum Gasteiger partial charge on any atom is 0.490 e. The van der Waals surface area contributed by atoms with Gasteiger partial charge in [0.1, 0.15) is 0 Å². The average Bonchev–Trinajstić information content (AvgIpc) is 2.48. The van der Waals surface area contributed by atoms with E-state index in [0.717, 1.165) is 19.3 Å². The fraction of sp³-hybridized carbons (Fsp3) is 0.846. The summed E-state index contributed by atoms with van der Waals surface area (Å²) in [5, 5.41) is 9.12. The molecule has 4 heteroatoms. The molecule has 96 valence electrons. The molecule has 1 N–H and O–H groups in total. The van der Waals surface area contributed by atoms with Crippen molar-refractivity contribution in [2.75, 3.05) is 6.61 Å². The highest BCUT2D eigenvalue weighted by Crippen LogP contribution is 2.40. The van der Waals surface area contributed by atoms with Gasteiger partial charge in [-0.25, -0.2) is 0 Å². The minimum Gasteiger partial charge on any atom is -0.400 e. The van der Waals surface area contributed by atoms with Crippen LogP contribution in [0.4, 0.5) is 0 Å². The summed E-state index contributed by atoms with van der Waals surface area (Å²) in [7, 11) is -0.195. The van der Waals surface area contributed by atoms with Crippen molar-refractivity contribution in [3.8, 4) is 0 Å². The zero-order valence-corrected chi connectivity index (χ0v) is 11.3. The average molecular weight is 238 g/mol. The molecule has 0 amide bonds. The standard InChI is InChI=1S/C13H23BO3/c1-12(2)13(3,4)17-14(16-12)11-7-5-10(9-15)6-8-11/h7,10,15H,5-6,8-9H2,1-4H3. The lowest BCUT2D eigenvalue weighted by Crippen LogP contribution is -2.41. The fourth-order valence-corrected chi connectivity index (χ4v) is 2.28. The van der Waals surface area contributed by atoms with Gasteiger partial charge in [0.2, 0.25) is 0 Å². The molecule has 2 rings (SSSR count). The quantitative estimate of drug-likeness (QED) is 0.750. The minimum atomic E-state index is -0.258. The Kier molecular flexibility index (Phi) is 3.41. The molecule has 0 radical (unpaired) electrons. The monoisotopic (exact) mass is 238 g/mol. The first kappa shape index (κ1) is 13.1. The molecule has 1 heterocycles. The van der Waals surface area contributed by atoms with E-state index in [4.69, 9.17) is 14.4 Å². The Labute approximate surface area is 104 Å². The molecule has 3 nitrogen and oxygen atoms in total. The first-order valence-corrected chi connectivity index (χ1v) is 6.51. The third kappa shape index (κ3) is 2.44. The van der Waals surface area contributed by atoms with Crippen molar-refractivity contribution in [2.24, 2.45) is 5.92 Å². The smallest absolute Gasteiger partial charge is 0.400 e. The Hall–Kier alpha value is -0.315. The zero-order chi connectivity index (χ0) is 12.7. The van der Waals surface area contributed by atoms with Crippen molar-refractivity contribution < 1.29 is 14.4 Å². The van der Waals surface area contributed by atoms with Crippen molar-refractivity contribution in [3.63, 3.8) is 0 Å². The third-order valence-electron chi connectivity index (χ3n) is 4.37. The first-order valence-electron chi connectivity index (χ1n) is 6.51. The number of aliphatic hydroxyl groups is 1. The van der Waals surface area contributed by atoms with Crippen LogP contribution in [0.25, 0.3) is 0 Å². The van der Waals surface area contributed by atoms with E-state index in [1.165, 1.54) is 5.47 Å². The molecule has 1 atom stereocenters. The van der Waals surface area contributed by atoms with Gasteiger partial charge in [0.15, 0.2) is 0 Å². The largest absolute Gasteiger partial charge is 0.490 e. The van der Waals surface area contributed by atoms with Gasteiger partial charge in [-0.1, -0.05) is 6.08 Å². The van der Waals surface area contributed by atoms with Crippen molar-refractivity contribution in [1.29, 1.82) is 0 Å². The number of allylic oxidation sites excluding steroid dienone is 2. The second-order valence-electron chi connectivity index (χ2n) is 6.19. The first-order chi connectivity index (χ1) is 7.86. The highest BCUT2D eigenvalue weighted by molar-refractivity contribution is 6.54. The zero-order valence-electron chi connectivity index (χ0n) is 11.3. The summed E-state index contributed by atoms with van der Waals surface area (Å²) < 4.78 is 12.0. The molecule has 0 aromatic carbocycles. The van der Waals surface area contributed by atoms with Crippen LogP contribution in [0.2, 0.25) is 0 Å². The van der Waals surface area contributed by atoms with Gasteiger partial charge < -0.3 is 14.4 Å². The van der Waals surface area contributed by atoms with Crippen LogP contribution in [0.15, 0.2) is 11.5 Å². The Morgan fingerprint density at radius 3 is 2.29 bits per heavy atom. The van der Waals surface area contributed by atoms with Gasteiger partial charge in [-0.05, 0) is 58.3 Å². The molecule has 0 bridgehead atoms. The van der Waals surface area contributed by atoms with E-state index in [1.807, 2.05) is 0 Å². The Morgan fingerprint density at radius 1 is 1.29 bits per heavy atom. The van der Waals surface area contributed by atoms with Gasteiger partial charge >= 0.3 is 7.12 Å². The number of hydrogen-bond acceptors (Lipinski definition) is 3. The van der Waals surface area contributed by atoms with Crippen LogP contribution in [0, 0.1) is 5.92 Å². The van der Waals surface area contributed by atoms with E-state index in [0.29, 0.717) is 5.92 Å².